The number of hydrogen-bond acceptors (Lipinski definition) is 5. The molecule has 0 N–H and O–H groups in total. The molecule has 2 heterocycles. The summed E-state index contributed by atoms with van der Waals surface area (Å²) in [4.78, 5) is 21.3. The standard InChI is InChI=1S/C21H21BrN4O2/c1-2-19-23-20(24-28-19)15-7-9-16(10-8-15)25-11-13-26(14-12-25)21(27)17-5-3-4-6-18(17)22/h3-10H,2,11-14H2,1H3. The Bertz CT molecular complexity index is 963. The average Bonchev–Trinajstić information content (AvgIpc) is 3.23. The number of nitrogens with zero attached hydrogens (tertiary/aromatic N) is 4. The maximum Gasteiger partial charge on any atom is 0.255 e. The Kier molecular flexibility index (Phi) is 5.43. The molecule has 1 fully saturated rings. The fourth-order valence-corrected chi connectivity index (χ4v) is 3.76. The van der Waals surface area contributed by atoms with E-state index in [1.54, 1.807) is 0 Å². The monoisotopic (exact) mass is 440 g/mol. The fraction of sp³-hybridized carbons (Fsp3) is 0.286. The van der Waals surface area contributed by atoms with Crippen molar-refractivity contribution in [1.29, 1.82) is 0 Å². The number of piperazine rings is 1. The van der Waals surface area contributed by atoms with Gasteiger partial charge in [0, 0.05) is 48.3 Å². The van der Waals surface area contributed by atoms with E-state index in [0.29, 0.717) is 30.4 Å². The van der Waals surface area contributed by atoms with Gasteiger partial charge in [-0.3, -0.25) is 4.79 Å². The van der Waals surface area contributed by atoms with Crippen molar-refractivity contribution in [3.8, 4) is 11.4 Å². The third kappa shape index (κ3) is 3.80. The van der Waals surface area contributed by atoms with Crippen LogP contribution in [-0.2, 0) is 6.42 Å². The van der Waals surface area contributed by atoms with Gasteiger partial charge in [-0.25, -0.2) is 0 Å². The fourth-order valence-electron chi connectivity index (χ4n) is 3.31. The van der Waals surface area contributed by atoms with Crippen molar-refractivity contribution in [3.63, 3.8) is 0 Å². The van der Waals surface area contributed by atoms with Crippen molar-refractivity contribution in [1.82, 2.24) is 15.0 Å². The van der Waals surface area contributed by atoms with E-state index in [1.165, 1.54) is 0 Å². The van der Waals surface area contributed by atoms with Gasteiger partial charge in [0.2, 0.25) is 11.7 Å². The summed E-state index contributed by atoms with van der Waals surface area (Å²) >= 11 is 3.47. The van der Waals surface area contributed by atoms with Crippen molar-refractivity contribution >= 4 is 27.5 Å². The lowest BCUT2D eigenvalue weighted by molar-refractivity contribution is 0.0746. The molecule has 0 unspecified atom stereocenters. The van der Waals surface area contributed by atoms with Gasteiger partial charge in [0.1, 0.15) is 0 Å². The lowest BCUT2D eigenvalue weighted by Gasteiger charge is -2.36. The minimum absolute atomic E-state index is 0.0753. The van der Waals surface area contributed by atoms with Crippen LogP contribution in [-0.4, -0.2) is 47.1 Å². The lowest BCUT2D eigenvalue weighted by Crippen LogP contribution is -2.48. The first-order valence-corrected chi connectivity index (χ1v) is 10.2. The predicted molar refractivity (Wildman–Crippen MR) is 111 cm³/mol. The number of hydrogen-bond donors (Lipinski definition) is 0. The Balaban J connectivity index is 1.40. The molecule has 144 valence electrons. The maximum absolute atomic E-state index is 12.7. The minimum Gasteiger partial charge on any atom is -0.368 e. The van der Waals surface area contributed by atoms with Gasteiger partial charge in [-0.15, -0.1) is 0 Å². The maximum atomic E-state index is 12.7. The van der Waals surface area contributed by atoms with E-state index >= 15 is 0 Å². The molecule has 4 rings (SSSR count). The smallest absolute Gasteiger partial charge is 0.255 e. The summed E-state index contributed by atoms with van der Waals surface area (Å²) in [7, 11) is 0. The van der Waals surface area contributed by atoms with Crippen LogP contribution in [0.25, 0.3) is 11.4 Å². The Morgan fingerprint density at radius 2 is 1.79 bits per heavy atom. The summed E-state index contributed by atoms with van der Waals surface area (Å²) < 4.78 is 6.02. The van der Waals surface area contributed by atoms with Crippen LogP contribution in [0.3, 0.4) is 0 Å². The van der Waals surface area contributed by atoms with Crippen LogP contribution in [0.15, 0.2) is 57.5 Å². The number of amides is 1. The summed E-state index contributed by atoms with van der Waals surface area (Å²) in [6.07, 6.45) is 0.730. The SMILES string of the molecule is CCc1nc(-c2ccc(N3CCN(C(=O)c4ccccc4Br)CC3)cc2)no1. The van der Waals surface area contributed by atoms with Crippen LogP contribution in [0.5, 0.6) is 0 Å². The van der Waals surface area contributed by atoms with Crippen molar-refractivity contribution in [3.05, 3.63) is 64.5 Å². The number of halogens is 1. The second-order valence-electron chi connectivity index (χ2n) is 6.67. The predicted octanol–water partition coefficient (Wildman–Crippen LogP) is 4.02. The Hall–Kier alpha value is -2.67. The van der Waals surface area contributed by atoms with Gasteiger partial charge in [0.15, 0.2) is 0 Å². The first kappa shape index (κ1) is 18.7. The summed E-state index contributed by atoms with van der Waals surface area (Å²) in [6, 6.07) is 15.7. The van der Waals surface area contributed by atoms with Crippen molar-refractivity contribution in [2.75, 3.05) is 31.1 Å². The first-order chi connectivity index (χ1) is 13.7. The molecule has 0 radical (unpaired) electrons. The number of anilines is 1. The zero-order chi connectivity index (χ0) is 19.5. The molecule has 28 heavy (non-hydrogen) atoms. The van der Waals surface area contributed by atoms with E-state index in [1.807, 2.05) is 48.2 Å². The van der Waals surface area contributed by atoms with Crippen molar-refractivity contribution in [2.45, 2.75) is 13.3 Å². The summed E-state index contributed by atoms with van der Waals surface area (Å²) in [6.45, 7) is 5.00. The van der Waals surface area contributed by atoms with Crippen molar-refractivity contribution in [2.24, 2.45) is 0 Å². The van der Waals surface area contributed by atoms with E-state index in [-0.39, 0.29) is 5.91 Å². The number of benzene rings is 2. The van der Waals surface area contributed by atoms with E-state index in [4.69, 9.17) is 4.52 Å². The molecule has 0 spiro atoms. The van der Waals surface area contributed by atoms with Gasteiger partial charge in [0.25, 0.3) is 5.91 Å². The molecular formula is C21H21BrN4O2. The third-order valence-electron chi connectivity index (χ3n) is 4.93. The van der Waals surface area contributed by atoms with Gasteiger partial charge < -0.3 is 14.3 Å². The molecular weight excluding hydrogens is 420 g/mol. The molecule has 1 aliphatic heterocycles. The minimum atomic E-state index is 0.0753. The molecule has 1 aromatic heterocycles. The Labute approximate surface area is 172 Å². The molecule has 7 heteroatoms. The largest absolute Gasteiger partial charge is 0.368 e. The van der Waals surface area contributed by atoms with Crippen LogP contribution < -0.4 is 4.90 Å². The zero-order valence-corrected chi connectivity index (χ0v) is 17.2. The van der Waals surface area contributed by atoms with Crippen LogP contribution >= 0.6 is 15.9 Å². The summed E-state index contributed by atoms with van der Waals surface area (Å²) in [5, 5.41) is 4.02. The number of aromatic nitrogens is 2. The average molecular weight is 441 g/mol. The molecule has 2 aromatic carbocycles. The first-order valence-electron chi connectivity index (χ1n) is 9.37. The van der Waals surface area contributed by atoms with Crippen LogP contribution in [0.1, 0.15) is 23.2 Å². The van der Waals surface area contributed by atoms with Crippen LogP contribution in [0.4, 0.5) is 5.69 Å². The molecule has 1 saturated heterocycles. The van der Waals surface area contributed by atoms with E-state index in [0.717, 1.165) is 35.2 Å². The summed E-state index contributed by atoms with van der Waals surface area (Å²) in [5.74, 6) is 1.34. The van der Waals surface area contributed by atoms with Gasteiger partial charge >= 0.3 is 0 Å². The lowest BCUT2D eigenvalue weighted by atomic mass is 10.1. The molecule has 3 aromatic rings. The highest BCUT2D eigenvalue weighted by Crippen LogP contribution is 2.23. The Morgan fingerprint density at radius 3 is 2.43 bits per heavy atom. The molecule has 0 atom stereocenters. The molecule has 1 aliphatic rings. The van der Waals surface area contributed by atoms with E-state index in [2.05, 4.69) is 43.1 Å². The van der Waals surface area contributed by atoms with Gasteiger partial charge in [0.05, 0.1) is 5.56 Å². The van der Waals surface area contributed by atoms with E-state index in [9.17, 15) is 4.79 Å². The normalized spacial score (nSPS) is 14.4. The molecule has 0 aliphatic carbocycles. The van der Waals surface area contributed by atoms with Gasteiger partial charge in [-0.05, 0) is 52.3 Å². The number of rotatable bonds is 4. The zero-order valence-electron chi connectivity index (χ0n) is 15.6. The molecule has 0 bridgehead atoms. The van der Waals surface area contributed by atoms with Gasteiger partial charge in [-0.2, -0.15) is 4.98 Å². The third-order valence-corrected chi connectivity index (χ3v) is 5.62. The molecule has 0 saturated carbocycles. The highest BCUT2D eigenvalue weighted by Gasteiger charge is 2.23. The quantitative estimate of drug-likeness (QED) is 0.612. The summed E-state index contributed by atoms with van der Waals surface area (Å²) in [5.41, 5.74) is 2.79. The molecule has 6 nitrogen and oxygen atoms in total. The van der Waals surface area contributed by atoms with Crippen LogP contribution in [0, 0.1) is 0 Å². The second kappa shape index (κ2) is 8.14. The topological polar surface area (TPSA) is 62.5 Å². The highest BCUT2D eigenvalue weighted by molar-refractivity contribution is 9.10. The number of carbonyl (C=O) groups is 1. The second-order valence-corrected chi connectivity index (χ2v) is 7.53. The van der Waals surface area contributed by atoms with Crippen LogP contribution in [0.2, 0.25) is 0 Å². The van der Waals surface area contributed by atoms with Crippen molar-refractivity contribution < 1.29 is 9.32 Å². The van der Waals surface area contributed by atoms with Gasteiger partial charge in [-0.1, -0.05) is 24.2 Å². The van der Waals surface area contributed by atoms with E-state index < -0.39 is 0 Å². The highest BCUT2D eigenvalue weighted by atomic mass is 79.9. The number of aryl methyl sites for hydroxylation is 1. The Morgan fingerprint density at radius 1 is 1.07 bits per heavy atom. The molecule has 1 amide bonds. The number of carbonyl (C=O) groups excluding carboxylic acids is 1.